The molecule has 0 aromatic rings. The zero-order valence-corrected chi connectivity index (χ0v) is 5.33. The maximum atomic E-state index is 12.4. The van der Waals surface area contributed by atoms with E-state index in [1.54, 1.807) is 0 Å². The topological polar surface area (TPSA) is 9.23 Å². The second-order valence-electron chi connectivity index (χ2n) is 2.14. The van der Waals surface area contributed by atoms with Gasteiger partial charge in [0.15, 0.2) is 0 Å². The predicted octanol–water partition coefficient (Wildman–Crippen LogP) is 2.39. The molecule has 0 saturated heterocycles. The summed E-state index contributed by atoms with van der Waals surface area (Å²) in [5.41, 5.74) is 0. The van der Waals surface area contributed by atoms with Crippen molar-refractivity contribution in [3.63, 3.8) is 0 Å². The summed E-state index contributed by atoms with van der Waals surface area (Å²) in [6, 6.07) is 0. The van der Waals surface area contributed by atoms with Crippen LogP contribution < -0.4 is 0 Å². The van der Waals surface area contributed by atoms with Gasteiger partial charge >= 0.3 is 18.1 Å². The Labute approximate surface area is 62.6 Å². The van der Waals surface area contributed by atoms with Crippen LogP contribution in [0.5, 0.6) is 0 Å². The Kier molecular flexibility index (Phi) is 1.68. The molecule has 1 aliphatic heterocycles. The highest BCUT2D eigenvalue weighted by Crippen LogP contribution is 2.44. The Hall–Kier alpha value is -0.720. The highest BCUT2D eigenvalue weighted by molar-refractivity contribution is 5.10. The van der Waals surface area contributed by atoms with Crippen LogP contribution in [-0.4, -0.2) is 18.1 Å². The fraction of sp³-hybridized carbons (Fsp3) is 0.600. The van der Waals surface area contributed by atoms with E-state index in [9.17, 15) is 26.3 Å². The fourth-order valence-electron chi connectivity index (χ4n) is 0.623. The third-order valence-electron chi connectivity index (χ3n) is 1.16. The Bertz CT molecular complexity index is 218. The van der Waals surface area contributed by atoms with Gasteiger partial charge in [-0.15, -0.1) is 0 Å². The summed E-state index contributed by atoms with van der Waals surface area (Å²) in [4.78, 5) is 0. The molecule has 0 saturated carbocycles. The third kappa shape index (κ3) is 1.40. The van der Waals surface area contributed by atoms with E-state index in [0.717, 1.165) is 0 Å². The molecule has 0 amide bonds. The van der Waals surface area contributed by atoms with Crippen LogP contribution in [0.25, 0.3) is 0 Å². The van der Waals surface area contributed by atoms with Gasteiger partial charge in [0, 0.05) is 6.08 Å². The average Bonchev–Trinajstić information content (AvgIpc) is 2.05. The molecule has 1 atom stereocenters. The molecule has 1 heterocycles. The number of halogens is 6. The van der Waals surface area contributed by atoms with Crippen LogP contribution in [0.4, 0.5) is 26.3 Å². The largest absolute Gasteiger partial charge is 0.452 e. The van der Waals surface area contributed by atoms with E-state index in [-0.39, 0.29) is 12.2 Å². The van der Waals surface area contributed by atoms with Crippen LogP contribution in [0.1, 0.15) is 0 Å². The molecule has 0 spiro atoms. The zero-order chi connectivity index (χ0) is 9.62. The van der Waals surface area contributed by atoms with E-state index in [1.165, 1.54) is 0 Å². The summed E-state index contributed by atoms with van der Waals surface area (Å²) in [5.74, 6) is -4.36. The van der Waals surface area contributed by atoms with Crippen molar-refractivity contribution in [3.05, 3.63) is 12.2 Å². The monoisotopic (exact) mass is 192 g/mol. The van der Waals surface area contributed by atoms with Crippen LogP contribution in [0.3, 0.4) is 0 Å². The lowest BCUT2D eigenvalue weighted by Crippen LogP contribution is -2.42. The van der Waals surface area contributed by atoms with Crippen molar-refractivity contribution < 1.29 is 31.1 Å². The van der Waals surface area contributed by atoms with Crippen LogP contribution in [0.2, 0.25) is 0 Å². The summed E-state index contributed by atoms with van der Waals surface area (Å²) in [6.45, 7) is 0. The lowest BCUT2D eigenvalue weighted by molar-refractivity contribution is -0.365. The zero-order valence-electron chi connectivity index (χ0n) is 5.33. The van der Waals surface area contributed by atoms with Gasteiger partial charge in [0.2, 0.25) is 0 Å². The van der Waals surface area contributed by atoms with Crippen LogP contribution >= 0.6 is 0 Å². The van der Waals surface area contributed by atoms with Gasteiger partial charge in [0.05, 0.1) is 0 Å². The standard InChI is InChI=1S/C5H2F6O/c6-3(5(9,10)11)1-2-4(7,8)12-3/h1-2H. The van der Waals surface area contributed by atoms with Crippen molar-refractivity contribution in [3.8, 4) is 0 Å². The van der Waals surface area contributed by atoms with Gasteiger partial charge < -0.3 is 0 Å². The van der Waals surface area contributed by atoms with Gasteiger partial charge in [-0.25, -0.2) is 0 Å². The molecule has 1 unspecified atom stereocenters. The molecule has 0 aromatic heterocycles. The fourth-order valence-corrected chi connectivity index (χ4v) is 0.623. The van der Waals surface area contributed by atoms with E-state index in [1.807, 2.05) is 0 Å². The SMILES string of the molecule is FC1(F)C=CC(F)(C(F)(F)F)O1. The number of rotatable bonds is 0. The molecular formula is C5H2F6O. The first-order valence-corrected chi connectivity index (χ1v) is 2.70. The summed E-state index contributed by atoms with van der Waals surface area (Å²) in [6.07, 6.45) is -10.3. The highest BCUT2D eigenvalue weighted by atomic mass is 19.4. The third-order valence-corrected chi connectivity index (χ3v) is 1.16. The van der Waals surface area contributed by atoms with Gasteiger partial charge in [0.1, 0.15) is 0 Å². The van der Waals surface area contributed by atoms with Crippen molar-refractivity contribution in [2.75, 3.05) is 0 Å². The Morgan fingerprint density at radius 1 is 1.00 bits per heavy atom. The molecule has 0 aliphatic carbocycles. The highest BCUT2D eigenvalue weighted by Gasteiger charge is 2.63. The van der Waals surface area contributed by atoms with Crippen molar-refractivity contribution in [2.45, 2.75) is 18.1 Å². The van der Waals surface area contributed by atoms with Crippen molar-refractivity contribution >= 4 is 0 Å². The Morgan fingerprint density at radius 3 is 1.67 bits per heavy atom. The number of ether oxygens (including phenoxy) is 1. The molecule has 0 radical (unpaired) electrons. The quantitative estimate of drug-likeness (QED) is 0.423. The van der Waals surface area contributed by atoms with Crippen LogP contribution in [-0.2, 0) is 4.74 Å². The van der Waals surface area contributed by atoms with Gasteiger partial charge in [0.25, 0.3) is 0 Å². The minimum absolute atomic E-state index is 0.277. The lowest BCUT2D eigenvalue weighted by Gasteiger charge is -2.22. The molecule has 1 nitrogen and oxygen atoms in total. The number of hydrogen-bond donors (Lipinski definition) is 0. The first-order valence-electron chi connectivity index (χ1n) is 2.70. The summed E-state index contributed by atoms with van der Waals surface area (Å²) >= 11 is 0. The van der Waals surface area contributed by atoms with Crippen LogP contribution in [0, 0.1) is 0 Å². The average molecular weight is 192 g/mol. The molecule has 70 valence electrons. The maximum Gasteiger partial charge on any atom is 0.452 e. The molecule has 7 heteroatoms. The summed E-state index contributed by atoms with van der Waals surface area (Å²) in [7, 11) is 0. The summed E-state index contributed by atoms with van der Waals surface area (Å²) in [5, 5.41) is 0. The molecule has 12 heavy (non-hydrogen) atoms. The van der Waals surface area contributed by atoms with E-state index >= 15 is 0 Å². The normalized spacial score (nSPS) is 34.2. The predicted molar refractivity (Wildman–Crippen MR) is 25.1 cm³/mol. The maximum absolute atomic E-state index is 12.4. The second kappa shape index (κ2) is 2.15. The van der Waals surface area contributed by atoms with Gasteiger partial charge in [-0.2, -0.15) is 26.3 Å². The first-order chi connectivity index (χ1) is 5.16. The van der Waals surface area contributed by atoms with E-state index in [2.05, 4.69) is 4.74 Å². The van der Waals surface area contributed by atoms with E-state index in [4.69, 9.17) is 0 Å². The van der Waals surface area contributed by atoms with Crippen molar-refractivity contribution in [1.82, 2.24) is 0 Å². The Morgan fingerprint density at radius 2 is 1.50 bits per heavy atom. The summed E-state index contributed by atoms with van der Waals surface area (Å²) < 4.78 is 73.9. The lowest BCUT2D eigenvalue weighted by atomic mass is 10.3. The number of alkyl halides is 6. The van der Waals surface area contributed by atoms with E-state index < -0.39 is 18.1 Å². The first kappa shape index (κ1) is 9.37. The second-order valence-corrected chi connectivity index (χ2v) is 2.14. The minimum Gasteiger partial charge on any atom is -0.268 e. The van der Waals surface area contributed by atoms with Crippen molar-refractivity contribution in [2.24, 2.45) is 0 Å². The molecule has 0 bridgehead atoms. The molecule has 0 fully saturated rings. The van der Waals surface area contributed by atoms with Gasteiger partial charge in [-0.1, -0.05) is 0 Å². The van der Waals surface area contributed by atoms with Crippen molar-refractivity contribution in [1.29, 1.82) is 0 Å². The molecule has 0 N–H and O–H groups in total. The van der Waals surface area contributed by atoms with Crippen LogP contribution in [0.15, 0.2) is 12.2 Å². The molecule has 0 aromatic carbocycles. The molecule has 1 aliphatic rings. The minimum atomic E-state index is -5.48. The molecular weight excluding hydrogens is 190 g/mol. The smallest absolute Gasteiger partial charge is 0.268 e. The van der Waals surface area contributed by atoms with E-state index in [0.29, 0.717) is 0 Å². The Balaban J connectivity index is 2.88. The molecule has 1 rings (SSSR count). The van der Waals surface area contributed by atoms with Gasteiger partial charge in [-0.05, 0) is 6.08 Å². The number of hydrogen-bond acceptors (Lipinski definition) is 1. The van der Waals surface area contributed by atoms with Gasteiger partial charge in [-0.3, -0.25) is 4.74 Å².